The van der Waals surface area contributed by atoms with E-state index in [1.54, 1.807) is 11.6 Å². The molecule has 4 aromatic rings. The third kappa shape index (κ3) is 3.38. The standard InChI is InChI=1S/C25H23N5O2S/c31-23(24-27-9-11-33-24)28-19-15-30(16-19,21-13-26-14-21)25(32)18-7-6-17-8-10-29(22(17)12-18)20-4-2-1-3-5-20/h1-12,19,21,26H,13-16H2/p+1. The van der Waals surface area contributed by atoms with Crippen molar-refractivity contribution in [2.75, 3.05) is 26.2 Å². The molecule has 6 rings (SSSR count). The average Bonchev–Trinajstić information content (AvgIpc) is 3.46. The van der Waals surface area contributed by atoms with Crippen molar-refractivity contribution in [2.24, 2.45) is 0 Å². The van der Waals surface area contributed by atoms with Crippen LogP contribution in [0.5, 0.6) is 0 Å². The highest BCUT2D eigenvalue weighted by Crippen LogP contribution is 2.32. The van der Waals surface area contributed by atoms with Crippen molar-refractivity contribution < 1.29 is 14.1 Å². The molecular formula is C25H24N5O2S+. The summed E-state index contributed by atoms with van der Waals surface area (Å²) in [5.41, 5.74) is 2.80. The number of likely N-dealkylation sites (tertiary alicyclic amines) is 1. The number of nitrogens with zero attached hydrogens (tertiary/aromatic N) is 3. The molecule has 2 aliphatic heterocycles. The van der Waals surface area contributed by atoms with Gasteiger partial charge in [0, 0.05) is 36.6 Å². The zero-order valence-electron chi connectivity index (χ0n) is 18.0. The van der Waals surface area contributed by atoms with Gasteiger partial charge in [0.25, 0.3) is 5.91 Å². The van der Waals surface area contributed by atoms with Gasteiger partial charge in [-0.1, -0.05) is 24.3 Å². The molecule has 0 atom stereocenters. The van der Waals surface area contributed by atoms with E-state index in [0.717, 1.165) is 35.2 Å². The van der Waals surface area contributed by atoms with Gasteiger partial charge in [0.05, 0.1) is 11.1 Å². The van der Waals surface area contributed by atoms with E-state index in [4.69, 9.17) is 0 Å². The first-order valence-electron chi connectivity index (χ1n) is 11.1. The molecule has 0 aliphatic carbocycles. The molecule has 4 heterocycles. The predicted molar refractivity (Wildman–Crippen MR) is 128 cm³/mol. The van der Waals surface area contributed by atoms with Gasteiger partial charge in [-0.15, -0.1) is 11.3 Å². The lowest BCUT2D eigenvalue weighted by Crippen LogP contribution is -2.81. The molecule has 8 heteroatoms. The van der Waals surface area contributed by atoms with Crippen LogP contribution in [0.2, 0.25) is 0 Å². The van der Waals surface area contributed by atoms with Gasteiger partial charge in [-0.25, -0.2) is 14.3 Å². The largest absolute Gasteiger partial charge is 0.346 e. The first-order valence-corrected chi connectivity index (χ1v) is 12.0. The molecule has 2 aromatic heterocycles. The van der Waals surface area contributed by atoms with E-state index in [1.807, 2.05) is 42.6 Å². The van der Waals surface area contributed by atoms with E-state index in [1.165, 1.54) is 11.3 Å². The lowest BCUT2D eigenvalue weighted by molar-refractivity contribution is -0.917. The minimum absolute atomic E-state index is 0.0251. The molecule has 2 amide bonds. The number of rotatable bonds is 5. The molecule has 0 spiro atoms. The SMILES string of the molecule is O=C(NC1C[N+](C(=O)c2ccc3ccn(-c4ccccc4)c3c2)(C2CNC2)C1)c1nccs1. The van der Waals surface area contributed by atoms with Gasteiger partial charge in [0.1, 0.15) is 25.2 Å². The number of quaternary nitrogens is 1. The summed E-state index contributed by atoms with van der Waals surface area (Å²) in [5, 5.41) is 9.72. The first kappa shape index (κ1) is 20.3. The number of fused-ring (bicyclic) bond motifs is 1. The highest BCUT2D eigenvalue weighted by atomic mass is 32.1. The molecule has 166 valence electrons. The van der Waals surface area contributed by atoms with E-state index in [0.29, 0.717) is 22.6 Å². The molecule has 2 saturated heterocycles. The van der Waals surface area contributed by atoms with Crippen molar-refractivity contribution in [3.05, 3.63) is 82.9 Å². The van der Waals surface area contributed by atoms with Crippen LogP contribution in [0.4, 0.5) is 0 Å². The van der Waals surface area contributed by atoms with Gasteiger partial charge in [0.15, 0.2) is 5.01 Å². The summed E-state index contributed by atoms with van der Waals surface area (Å²) in [6, 6.07) is 18.4. The first-order chi connectivity index (χ1) is 16.1. The van der Waals surface area contributed by atoms with E-state index in [2.05, 4.69) is 38.4 Å². The third-order valence-corrected chi connectivity index (χ3v) is 7.66. The van der Waals surface area contributed by atoms with Gasteiger partial charge < -0.3 is 15.2 Å². The Bertz CT molecular complexity index is 1320. The molecule has 2 aliphatic rings. The van der Waals surface area contributed by atoms with Crippen molar-refractivity contribution in [3.63, 3.8) is 0 Å². The number of amides is 2. The van der Waals surface area contributed by atoms with Crippen molar-refractivity contribution in [3.8, 4) is 5.69 Å². The summed E-state index contributed by atoms with van der Waals surface area (Å²) < 4.78 is 2.50. The van der Waals surface area contributed by atoms with Gasteiger partial charge in [-0.3, -0.25) is 4.79 Å². The molecule has 2 N–H and O–H groups in total. The van der Waals surface area contributed by atoms with Crippen molar-refractivity contribution in [1.82, 2.24) is 20.2 Å². The second kappa shape index (κ2) is 7.91. The number of hydrogen-bond acceptors (Lipinski definition) is 5. The number of para-hydroxylation sites is 1. The highest BCUT2D eigenvalue weighted by Gasteiger charge is 2.57. The van der Waals surface area contributed by atoms with Crippen LogP contribution in [0.3, 0.4) is 0 Å². The number of nitrogens with one attached hydrogen (secondary N) is 2. The van der Waals surface area contributed by atoms with Gasteiger partial charge in [-0.2, -0.15) is 0 Å². The van der Waals surface area contributed by atoms with Crippen molar-refractivity contribution in [2.45, 2.75) is 12.1 Å². The highest BCUT2D eigenvalue weighted by molar-refractivity contribution is 7.11. The van der Waals surface area contributed by atoms with Crippen LogP contribution in [0, 0.1) is 0 Å². The average molecular weight is 459 g/mol. The fourth-order valence-corrected chi connectivity index (χ4v) is 5.53. The second-order valence-electron chi connectivity index (χ2n) is 8.82. The van der Waals surface area contributed by atoms with E-state index in [9.17, 15) is 9.59 Å². The number of thiazole rings is 1. The Morgan fingerprint density at radius 2 is 1.91 bits per heavy atom. The maximum Gasteiger partial charge on any atom is 0.346 e. The Balaban J connectivity index is 1.28. The fraction of sp³-hybridized carbons (Fsp3) is 0.240. The number of carbonyl (C=O) groups excluding carboxylic acids is 2. The Labute approximate surface area is 195 Å². The van der Waals surface area contributed by atoms with Crippen LogP contribution in [0.15, 0.2) is 72.4 Å². The molecule has 0 saturated carbocycles. The molecule has 0 radical (unpaired) electrons. The molecule has 7 nitrogen and oxygen atoms in total. The normalized spacial score (nSPS) is 22.5. The van der Waals surface area contributed by atoms with Crippen molar-refractivity contribution >= 4 is 34.1 Å². The monoisotopic (exact) mass is 458 g/mol. The van der Waals surface area contributed by atoms with E-state index < -0.39 is 0 Å². The number of aromatic nitrogens is 2. The summed E-state index contributed by atoms with van der Waals surface area (Å²) in [6.07, 6.45) is 3.67. The maximum atomic E-state index is 13.9. The minimum Gasteiger partial charge on any atom is -0.336 e. The number of benzene rings is 2. The Morgan fingerprint density at radius 1 is 1.09 bits per heavy atom. The van der Waals surface area contributed by atoms with Crippen molar-refractivity contribution in [1.29, 1.82) is 0 Å². The minimum atomic E-state index is -0.158. The van der Waals surface area contributed by atoms with Gasteiger partial charge in [-0.05, 0) is 35.7 Å². The molecule has 2 aromatic carbocycles. The van der Waals surface area contributed by atoms with Crippen LogP contribution in [-0.4, -0.2) is 64.1 Å². The van der Waals surface area contributed by atoms with E-state index >= 15 is 0 Å². The van der Waals surface area contributed by atoms with Gasteiger partial charge in [0.2, 0.25) is 0 Å². The van der Waals surface area contributed by atoms with Crippen LogP contribution in [0.25, 0.3) is 16.6 Å². The topological polar surface area (TPSA) is 76.0 Å². The fourth-order valence-electron chi connectivity index (χ4n) is 4.99. The maximum absolute atomic E-state index is 13.9. The summed E-state index contributed by atoms with van der Waals surface area (Å²) in [5.74, 6) is -0.0296. The third-order valence-electron chi connectivity index (χ3n) is 6.89. The molecule has 33 heavy (non-hydrogen) atoms. The van der Waals surface area contributed by atoms with Gasteiger partial charge >= 0.3 is 5.91 Å². The van der Waals surface area contributed by atoms with Crippen LogP contribution < -0.4 is 10.6 Å². The number of hydrogen-bond donors (Lipinski definition) is 2. The summed E-state index contributed by atoms with van der Waals surface area (Å²) >= 11 is 1.33. The van der Waals surface area contributed by atoms with E-state index in [-0.39, 0.29) is 23.9 Å². The Hall–Kier alpha value is -3.33. The Kier molecular flexibility index (Phi) is 4.86. The van der Waals surface area contributed by atoms with Crippen LogP contribution in [0.1, 0.15) is 20.2 Å². The summed E-state index contributed by atoms with van der Waals surface area (Å²) in [4.78, 5) is 30.4. The smallest absolute Gasteiger partial charge is 0.336 e. The lowest BCUT2D eigenvalue weighted by Gasteiger charge is -2.55. The van der Waals surface area contributed by atoms with Crippen LogP contribution in [-0.2, 0) is 0 Å². The lowest BCUT2D eigenvalue weighted by atomic mass is 9.92. The molecule has 0 bridgehead atoms. The molecular weight excluding hydrogens is 434 g/mol. The summed E-state index contributed by atoms with van der Waals surface area (Å²) in [7, 11) is 0. The predicted octanol–water partition coefficient (Wildman–Crippen LogP) is 2.83. The summed E-state index contributed by atoms with van der Waals surface area (Å²) in [6.45, 7) is 2.86. The molecule has 2 fully saturated rings. The Morgan fingerprint density at radius 3 is 2.61 bits per heavy atom. The zero-order chi connectivity index (χ0) is 22.4. The van der Waals surface area contributed by atoms with Crippen LogP contribution >= 0.6 is 11.3 Å². The number of carbonyl (C=O) groups is 2. The second-order valence-corrected chi connectivity index (χ2v) is 9.71. The quantitative estimate of drug-likeness (QED) is 0.451. The molecule has 0 unspecified atom stereocenters. The zero-order valence-corrected chi connectivity index (χ0v) is 18.8.